The summed E-state index contributed by atoms with van der Waals surface area (Å²) in [6, 6.07) is 7.74. The summed E-state index contributed by atoms with van der Waals surface area (Å²) in [7, 11) is 4.49. The van der Waals surface area contributed by atoms with E-state index >= 15 is 0 Å². The molecule has 210 valence electrons. The molecule has 0 saturated carbocycles. The summed E-state index contributed by atoms with van der Waals surface area (Å²) in [6.07, 6.45) is 11.7. The Hall–Kier alpha value is -3.64. The van der Waals surface area contributed by atoms with E-state index in [0.717, 1.165) is 11.3 Å². The Balaban J connectivity index is 1.88. The summed E-state index contributed by atoms with van der Waals surface area (Å²) in [4.78, 5) is 15.6. The molecule has 1 N–H and O–H groups in total. The molecule has 2 rings (SSSR count). The first-order valence-corrected chi connectivity index (χ1v) is 12.7. The summed E-state index contributed by atoms with van der Waals surface area (Å²) in [5.74, 6) is 6.46. The van der Waals surface area contributed by atoms with Crippen LogP contribution >= 0.6 is 0 Å². The lowest BCUT2D eigenvalue weighted by molar-refractivity contribution is -0.0669. The predicted molar refractivity (Wildman–Crippen MR) is 149 cm³/mol. The number of esters is 1. The van der Waals surface area contributed by atoms with E-state index in [9.17, 15) is 9.90 Å². The lowest BCUT2D eigenvalue weighted by atomic mass is 9.79. The Morgan fingerprint density at radius 1 is 1.13 bits per heavy atom. The minimum Gasteiger partial charge on any atom is -0.497 e. The molecule has 0 spiro atoms. The van der Waals surface area contributed by atoms with Crippen LogP contribution in [0.3, 0.4) is 0 Å². The van der Waals surface area contributed by atoms with Crippen LogP contribution < -0.4 is 4.74 Å². The topological polar surface area (TPSA) is 100 Å². The van der Waals surface area contributed by atoms with E-state index in [-0.39, 0.29) is 17.9 Å². The van der Waals surface area contributed by atoms with Gasteiger partial charge in [-0.2, -0.15) is 0 Å². The van der Waals surface area contributed by atoms with Gasteiger partial charge in [0.15, 0.2) is 11.6 Å². The zero-order valence-electron chi connectivity index (χ0n) is 23.5. The van der Waals surface area contributed by atoms with Crippen LogP contribution in [0.15, 0.2) is 71.4 Å². The molecule has 2 aromatic rings. The van der Waals surface area contributed by atoms with Gasteiger partial charge in [-0.3, -0.25) is 0 Å². The molecule has 0 unspecified atom stereocenters. The van der Waals surface area contributed by atoms with E-state index in [1.54, 1.807) is 32.4 Å². The van der Waals surface area contributed by atoms with Crippen molar-refractivity contribution in [1.82, 2.24) is 4.98 Å². The number of methoxy groups -OCH3 is 3. The second kappa shape index (κ2) is 16.4. The van der Waals surface area contributed by atoms with Crippen LogP contribution in [0.5, 0.6) is 5.75 Å². The fourth-order valence-electron chi connectivity index (χ4n) is 3.61. The van der Waals surface area contributed by atoms with E-state index < -0.39 is 17.5 Å². The molecule has 1 aromatic carbocycles. The van der Waals surface area contributed by atoms with Gasteiger partial charge >= 0.3 is 5.97 Å². The third-order valence-corrected chi connectivity index (χ3v) is 6.21. The average molecular weight is 538 g/mol. The average Bonchev–Trinajstić information content (AvgIpc) is 3.42. The number of nitrogens with zero attached hydrogens (tertiary/aromatic N) is 1. The number of rotatable bonds is 14. The predicted octanol–water partition coefficient (Wildman–Crippen LogP) is 5.08. The third-order valence-electron chi connectivity index (χ3n) is 6.21. The van der Waals surface area contributed by atoms with Crippen molar-refractivity contribution in [3.63, 3.8) is 0 Å². The second-order valence-electron chi connectivity index (χ2n) is 9.32. The van der Waals surface area contributed by atoms with Crippen molar-refractivity contribution >= 4 is 5.97 Å². The molecule has 0 aliphatic heterocycles. The summed E-state index contributed by atoms with van der Waals surface area (Å²) >= 11 is 0. The fraction of sp³-hybridized carbons (Fsp3) is 0.419. The number of hydrogen-bond donors (Lipinski definition) is 1. The largest absolute Gasteiger partial charge is 0.497 e. The Bertz CT molecular complexity index is 1170. The van der Waals surface area contributed by atoms with Gasteiger partial charge in [0.05, 0.1) is 45.6 Å². The summed E-state index contributed by atoms with van der Waals surface area (Å²) in [5.41, 5.74) is 0.610. The van der Waals surface area contributed by atoms with Gasteiger partial charge in [0, 0.05) is 12.5 Å². The molecule has 1 heterocycles. The van der Waals surface area contributed by atoms with Gasteiger partial charge in [0.25, 0.3) is 0 Å². The highest BCUT2D eigenvalue weighted by molar-refractivity contribution is 5.86. The molecule has 0 bridgehead atoms. The van der Waals surface area contributed by atoms with Gasteiger partial charge in [-0.1, -0.05) is 56.0 Å². The Labute approximate surface area is 231 Å². The van der Waals surface area contributed by atoms with Crippen molar-refractivity contribution < 1.29 is 33.3 Å². The number of hydrogen-bond acceptors (Lipinski definition) is 8. The second-order valence-corrected chi connectivity index (χ2v) is 9.32. The molecule has 0 fully saturated rings. The van der Waals surface area contributed by atoms with Crippen molar-refractivity contribution in [3.05, 3.63) is 84.1 Å². The van der Waals surface area contributed by atoms with Gasteiger partial charge in [-0.05, 0) is 49.3 Å². The van der Waals surface area contributed by atoms with Crippen LogP contribution in [-0.2, 0) is 27.2 Å². The normalized spacial score (nSPS) is 14.3. The number of ether oxygens (including phenoxy) is 4. The minimum absolute atomic E-state index is 0.113. The highest BCUT2D eigenvalue weighted by Crippen LogP contribution is 2.32. The number of aliphatic hydroxyl groups is 1. The highest BCUT2D eigenvalue weighted by Gasteiger charge is 2.35. The summed E-state index contributed by atoms with van der Waals surface area (Å²) in [5, 5.41) is 10.9. The first-order chi connectivity index (χ1) is 18.7. The number of carbonyl (C=O) groups excluding carboxylic acids is 1. The maximum absolute atomic E-state index is 11.5. The lowest BCUT2D eigenvalue weighted by Crippen LogP contribution is -2.40. The van der Waals surface area contributed by atoms with E-state index in [0.29, 0.717) is 25.3 Å². The summed E-state index contributed by atoms with van der Waals surface area (Å²) < 4.78 is 26.7. The van der Waals surface area contributed by atoms with E-state index in [4.69, 9.17) is 18.6 Å². The standard InChI is InChI=1S/C31H39NO7/c1-7-13-28(38-21-23-16-18-24(35-4)19-17-23)31(2,3)27(33)15-12-10-8-9-11-14-25(36-5)20-29-32-26(22-39-29)30(34)37-6/h7,10-14,16-19,22,25,27-28,33H,15,20-21H2,1-6H3/b12-10+,13-7+,14-11+/t25-,27-,28-/m0/s1. The van der Waals surface area contributed by atoms with E-state index in [1.807, 2.05) is 63.3 Å². The zero-order valence-corrected chi connectivity index (χ0v) is 23.5. The number of aromatic nitrogens is 1. The van der Waals surface area contributed by atoms with Crippen molar-refractivity contribution in [2.45, 2.75) is 58.5 Å². The Kier molecular flexibility index (Phi) is 13.2. The molecular weight excluding hydrogens is 498 g/mol. The van der Waals surface area contributed by atoms with Crippen molar-refractivity contribution in [1.29, 1.82) is 0 Å². The number of carbonyl (C=O) groups is 1. The maximum Gasteiger partial charge on any atom is 0.360 e. The summed E-state index contributed by atoms with van der Waals surface area (Å²) in [6.45, 7) is 6.35. The van der Waals surface area contributed by atoms with Crippen molar-refractivity contribution in [2.75, 3.05) is 21.3 Å². The maximum atomic E-state index is 11.5. The van der Waals surface area contributed by atoms with Crippen LogP contribution in [0, 0.1) is 17.3 Å². The number of oxazole rings is 1. The van der Waals surface area contributed by atoms with Crippen LogP contribution in [-0.4, -0.2) is 55.7 Å². The number of aliphatic hydroxyl groups excluding tert-OH is 1. The van der Waals surface area contributed by atoms with Gasteiger partial charge in [0.2, 0.25) is 0 Å². The monoisotopic (exact) mass is 537 g/mol. The molecule has 0 radical (unpaired) electrons. The van der Waals surface area contributed by atoms with E-state index in [2.05, 4.69) is 21.6 Å². The SMILES string of the molecule is C/C=C/[C@H](OCc1ccc(OC)cc1)C(C)(C)[C@@H](O)C/C=C/C#C/C=C/[C@@H](Cc1nc(C(=O)OC)co1)OC. The van der Waals surface area contributed by atoms with Crippen molar-refractivity contribution in [2.24, 2.45) is 5.41 Å². The molecule has 1 aromatic heterocycles. The minimum atomic E-state index is -0.642. The van der Waals surface area contributed by atoms with Crippen LogP contribution in [0.1, 0.15) is 49.1 Å². The third kappa shape index (κ3) is 10.2. The molecule has 3 atom stereocenters. The van der Waals surface area contributed by atoms with Gasteiger partial charge in [0.1, 0.15) is 12.0 Å². The Morgan fingerprint density at radius 2 is 1.85 bits per heavy atom. The van der Waals surface area contributed by atoms with Crippen LogP contribution in [0.2, 0.25) is 0 Å². The van der Waals surface area contributed by atoms with Gasteiger partial charge in [-0.25, -0.2) is 9.78 Å². The van der Waals surface area contributed by atoms with Crippen LogP contribution in [0.4, 0.5) is 0 Å². The quantitative estimate of drug-likeness (QED) is 0.202. The first-order valence-electron chi connectivity index (χ1n) is 12.7. The lowest BCUT2D eigenvalue weighted by Gasteiger charge is -2.36. The molecule has 39 heavy (non-hydrogen) atoms. The zero-order chi connectivity index (χ0) is 28.7. The molecular formula is C31H39NO7. The van der Waals surface area contributed by atoms with Gasteiger partial charge in [-0.15, -0.1) is 0 Å². The molecule has 8 heteroatoms. The van der Waals surface area contributed by atoms with Crippen LogP contribution in [0.25, 0.3) is 0 Å². The van der Waals surface area contributed by atoms with Gasteiger partial charge < -0.3 is 28.5 Å². The van der Waals surface area contributed by atoms with Crippen molar-refractivity contribution in [3.8, 4) is 17.6 Å². The molecule has 0 aliphatic rings. The Morgan fingerprint density at radius 3 is 2.49 bits per heavy atom. The molecule has 0 saturated heterocycles. The first kappa shape index (κ1) is 31.6. The number of benzene rings is 1. The number of allylic oxidation sites excluding steroid dienone is 3. The smallest absolute Gasteiger partial charge is 0.360 e. The fourth-order valence-corrected chi connectivity index (χ4v) is 3.61. The molecule has 0 amide bonds. The molecule has 8 nitrogen and oxygen atoms in total. The van der Waals surface area contributed by atoms with E-state index in [1.165, 1.54) is 13.4 Å². The molecule has 0 aliphatic carbocycles. The highest BCUT2D eigenvalue weighted by atomic mass is 16.5.